The molecular weight excluding hydrogens is 244 g/mol. The Bertz CT molecular complexity index is 486. The number of allylic oxidation sites excluding steroid dienone is 2. The quantitative estimate of drug-likeness (QED) is 0.581. The lowest BCUT2D eigenvalue weighted by molar-refractivity contribution is -0.139. The molecule has 0 spiro atoms. The summed E-state index contributed by atoms with van der Waals surface area (Å²) < 4.78 is 0. The fraction of sp³-hybridized carbons (Fsp3) is 0.842. The van der Waals surface area contributed by atoms with Gasteiger partial charge in [-0.25, -0.2) is 0 Å². The summed E-state index contributed by atoms with van der Waals surface area (Å²) in [6.45, 7) is 7.19. The average molecular weight is 272 g/mol. The molecule has 0 aromatic carbocycles. The zero-order valence-electron chi connectivity index (χ0n) is 13.2. The average Bonchev–Trinajstić information content (AvgIpc) is 2.59. The smallest absolute Gasteiger partial charge is 0.141 e. The van der Waals surface area contributed by atoms with Gasteiger partial charge >= 0.3 is 0 Å². The number of hydrogen-bond donors (Lipinski definition) is 0. The molecule has 3 saturated carbocycles. The SMILES string of the molecule is CC1(C)CCC[C@]2(C)[C@H]3CC[C@H]4C=C(CC(=O)[C@@H]12)C3C4. The number of fused-ring (bicyclic) bond motifs is 3. The first-order valence-electron chi connectivity index (χ1n) is 8.65. The summed E-state index contributed by atoms with van der Waals surface area (Å²) in [6.07, 6.45) is 11.2. The number of Topliss-reactive ketones (excluding diaryl/α,β-unsaturated/α-hetero) is 1. The molecule has 1 nitrogen and oxygen atoms in total. The van der Waals surface area contributed by atoms with Gasteiger partial charge in [0.15, 0.2) is 0 Å². The van der Waals surface area contributed by atoms with Crippen LogP contribution in [0.15, 0.2) is 11.6 Å². The molecule has 0 heterocycles. The number of carbonyl (C=O) groups is 1. The molecule has 4 aliphatic rings. The Labute approximate surface area is 123 Å². The Hall–Kier alpha value is -0.590. The third-order valence-corrected chi connectivity index (χ3v) is 7.34. The van der Waals surface area contributed by atoms with Crippen molar-refractivity contribution in [2.24, 2.45) is 34.5 Å². The molecule has 4 aliphatic carbocycles. The largest absolute Gasteiger partial charge is 0.299 e. The van der Waals surface area contributed by atoms with E-state index in [-0.39, 0.29) is 10.8 Å². The molecule has 0 aromatic rings. The summed E-state index contributed by atoms with van der Waals surface area (Å²) in [7, 11) is 0. The zero-order chi connectivity index (χ0) is 14.1. The van der Waals surface area contributed by atoms with Crippen LogP contribution in [0.3, 0.4) is 0 Å². The maximum absolute atomic E-state index is 13.0. The predicted molar refractivity (Wildman–Crippen MR) is 81.3 cm³/mol. The fourth-order valence-electron chi connectivity index (χ4n) is 6.78. The lowest BCUT2D eigenvalue weighted by Crippen LogP contribution is -2.50. The highest BCUT2D eigenvalue weighted by molar-refractivity contribution is 5.86. The molecule has 4 rings (SSSR count). The summed E-state index contributed by atoms with van der Waals surface area (Å²) in [5, 5.41) is 0. The third kappa shape index (κ3) is 1.58. The molecule has 0 N–H and O–H groups in total. The van der Waals surface area contributed by atoms with Crippen LogP contribution in [0.5, 0.6) is 0 Å². The first-order chi connectivity index (χ1) is 9.42. The summed E-state index contributed by atoms with van der Waals surface area (Å²) in [5.41, 5.74) is 2.02. The maximum Gasteiger partial charge on any atom is 0.141 e. The van der Waals surface area contributed by atoms with E-state index >= 15 is 0 Å². The Morgan fingerprint density at radius 2 is 1.95 bits per heavy atom. The van der Waals surface area contributed by atoms with E-state index in [1.54, 1.807) is 0 Å². The van der Waals surface area contributed by atoms with E-state index in [9.17, 15) is 4.79 Å². The third-order valence-electron chi connectivity index (χ3n) is 7.34. The Morgan fingerprint density at radius 1 is 1.15 bits per heavy atom. The van der Waals surface area contributed by atoms with Crippen LogP contribution < -0.4 is 0 Å². The van der Waals surface area contributed by atoms with Crippen LogP contribution in [0.25, 0.3) is 0 Å². The molecule has 0 amide bonds. The standard InChI is InChI=1S/C19H28O/c1-18(2)7-4-8-19(3)15-6-5-12-9-13(14(15)10-12)11-16(20)17(18)19/h9,12,14-15,17H,4-8,10-11H2,1-3H3/t12-,14?,15-,17-,19+/m0/s1. The minimum Gasteiger partial charge on any atom is -0.299 e. The van der Waals surface area contributed by atoms with Gasteiger partial charge in [0.05, 0.1) is 0 Å². The van der Waals surface area contributed by atoms with Crippen molar-refractivity contribution in [3.05, 3.63) is 11.6 Å². The Balaban J connectivity index is 1.84. The monoisotopic (exact) mass is 272 g/mol. The van der Waals surface area contributed by atoms with Gasteiger partial charge in [-0.05, 0) is 60.7 Å². The van der Waals surface area contributed by atoms with Gasteiger partial charge < -0.3 is 0 Å². The van der Waals surface area contributed by atoms with Gasteiger partial charge in [-0.15, -0.1) is 0 Å². The van der Waals surface area contributed by atoms with Gasteiger partial charge in [-0.3, -0.25) is 4.79 Å². The second-order valence-corrected chi connectivity index (χ2v) is 8.95. The Kier molecular flexibility index (Phi) is 2.61. The molecule has 0 aromatic heterocycles. The number of hydrogen-bond acceptors (Lipinski definition) is 1. The van der Waals surface area contributed by atoms with Crippen LogP contribution in [-0.2, 0) is 4.79 Å². The lowest BCUT2D eigenvalue weighted by Gasteiger charge is -2.54. The van der Waals surface area contributed by atoms with Crippen molar-refractivity contribution < 1.29 is 4.79 Å². The molecule has 20 heavy (non-hydrogen) atoms. The molecule has 3 fully saturated rings. The Morgan fingerprint density at radius 3 is 2.75 bits per heavy atom. The van der Waals surface area contributed by atoms with Crippen LogP contribution in [0.1, 0.15) is 65.7 Å². The van der Waals surface area contributed by atoms with E-state index in [0.717, 1.165) is 24.2 Å². The van der Waals surface area contributed by atoms with Gasteiger partial charge in [0.25, 0.3) is 0 Å². The maximum atomic E-state index is 13.0. The second kappa shape index (κ2) is 3.99. The van der Waals surface area contributed by atoms with Crippen molar-refractivity contribution in [1.82, 2.24) is 0 Å². The molecule has 1 unspecified atom stereocenters. The minimum absolute atomic E-state index is 0.208. The van der Waals surface area contributed by atoms with Gasteiger partial charge in [-0.1, -0.05) is 38.8 Å². The van der Waals surface area contributed by atoms with Gasteiger partial charge in [0.1, 0.15) is 5.78 Å². The highest BCUT2D eigenvalue weighted by atomic mass is 16.1. The molecule has 110 valence electrons. The molecule has 1 heteroatoms. The lowest BCUT2D eigenvalue weighted by atomic mass is 9.49. The van der Waals surface area contributed by atoms with E-state index in [4.69, 9.17) is 0 Å². The highest BCUT2D eigenvalue weighted by Crippen LogP contribution is 2.64. The number of rotatable bonds is 0. The fourth-order valence-corrected chi connectivity index (χ4v) is 6.78. The van der Waals surface area contributed by atoms with Crippen molar-refractivity contribution in [1.29, 1.82) is 0 Å². The molecule has 5 atom stereocenters. The van der Waals surface area contributed by atoms with Gasteiger partial charge in [0, 0.05) is 12.3 Å². The number of ketones is 1. The van der Waals surface area contributed by atoms with Crippen LogP contribution in [-0.4, -0.2) is 5.78 Å². The van der Waals surface area contributed by atoms with Crippen molar-refractivity contribution in [2.45, 2.75) is 65.7 Å². The molecule has 2 bridgehead atoms. The zero-order valence-corrected chi connectivity index (χ0v) is 13.2. The van der Waals surface area contributed by atoms with E-state index in [0.29, 0.717) is 11.7 Å². The second-order valence-electron chi connectivity index (χ2n) is 8.95. The molecule has 0 radical (unpaired) electrons. The first-order valence-corrected chi connectivity index (χ1v) is 8.65. The predicted octanol–water partition coefficient (Wildman–Crippen LogP) is 4.76. The van der Waals surface area contributed by atoms with Gasteiger partial charge in [-0.2, -0.15) is 0 Å². The number of carbonyl (C=O) groups excluding carboxylic acids is 1. The van der Waals surface area contributed by atoms with Crippen molar-refractivity contribution in [2.75, 3.05) is 0 Å². The van der Waals surface area contributed by atoms with Crippen LogP contribution >= 0.6 is 0 Å². The molecule has 0 aliphatic heterocycles. The highest BCUT2D eigenvalue weighted by Gasteiger charge is 2.58. The summed E-state index contributed by atoms with van der Waals surface area (Å²) in [4.78, 5) is 13.0. The van der Waals surface area contributed by atoms with Crippen LogP contribution in [0.2, 0.25) is 0 Å². The van der Waals surface area contributed by atoms with E-state index in [2.05, 4.69) is 26.8 Å². The first kappa shape index (κ1) is 13.1. The van der Waals surface area contributed by atoms with E-state index in [1.165, 1.54) is 44.1 Å². The summed E-state index contributed by atoms with van der Waals surface area (Å²) in [6, 6.07) is 0. The van der Waals surface area contributed by atoms with Crippen LogP contribution in [0.4, 0.5) is 0 Å². The minimum atomic E-state index is 0.208. The van der Waals surface area contributed by atoms with Gasteiger partial charge in [0.2, 0.25) is 0 Å². The van der Waals surface area contributed by atoms with Crippen LogP contribution in [0, 0.1) is 34.5 Å². The van der Waals surface area contributed by atoms with E-state index < -0.39 is 0 Å². The normalized spacial score (nSPS) is 49.4. The molecule has 0 saturated heterocycles. The summed E-state index contributed by atoms with van der Waals surface area (Å²) in [5.74, 6) is 3.20. The molecular formula is C19H28O. The van der Waals surface area contributed by atoms with E-state index in [1.807, 2.05) is 0 Å². The summed E-state index contributed by atoms with van der Waals surface area (Å²) >= 11 is 0. The van der Waals surface area contributed by atoms with Crippen molar-refractivity contribution in [3.63, 3.8) is 0 Å². The topological polar surface area (TPSA) is 17.1 Å². The van der Waals surface area contributed by atoms with Crippen molar-refractivity contribution >= 4 is 5.78 Å². The van der Waals surface area contributed by atoms with Crippen molar-refractivity contribution in [3.8, 4) is 0 Å².